The van der Waals surface area contributed by atoms with Crippen molar-refractivity contribution in [2.45, 2.75) is 39.2 Å². The fourth-order valence-electron chi connectivity index (χ4n) is 4.02. The van der Waals surface area contributed by atoms with Crippen LogP contribution in [0.1, 0.15) is 47.3 Å². The van der Waals surface area contributed by atoms with Crippen molar-refractivity contribution >= 4 is 16.6 Å². The Bertz CT molecular complexity index is 1260. The number of hydrogen-bond donors (Lipinski definition) is 2. The molecule has 0 unspecified atom stereocenters. The Morgan fingerprint density at radius 2 is 2.17 bits per heavy atom. The highest BCUT2D eigenvalue weighted by molar-refractivity contribution is 5.93. The molecule has 1 atom stereocenters. The standard InChI is InChI=1S/C22H20N6O/c1-12-15(10-23)8-14-4-3-5-19(21(14)25-12)26-16-6-7-18-17(9-16)22(28-27-18)20-11-24-13(2)29-20/h6-9,11,19,26H,3-5H2,1-2H3,(H,27,28)/t19-/m0/s1. The van der Waals surface area contributed by atoms with E-state index in [1.165, 1.54) is 0 Å². The molecule has 0 fully saturated rings. The molecular weight excluding hydrogens is 364 g/mol. The molecule has 0 aliphatic heterocycles. The van der Waals surface area contributed by atoms with Crippen molar-refractivity contribution in [3.8, 4) is 17.5 Å². The highest BCUT2D eigenvalue weighted by atomic mass is 16.4. The zero-order valence-corrected chi connectivity index (χ0v) is 16.3. The van der Waals surface area contributed by atoms with Gasteiger partial charge in [-0.05, 0) is 56.0 Å². The van der Waals surface area contributed by atoms with E-state index < -0.39 is 0 Å². The molecule has 4 aromatic rings. The van der Waals surface area contributed by atoms with Crippen LogP contribution in [0, 0.1) is 25.2 Å². The highest BCUT2D eigenvalue weighted by Crippen LogP contribution is 2.34. The molecule has 5 rings (SSSR count). The second kappa shape index (κ2) is 6.74. The zero-order valence-electron chi connectivity index (χ0n) is 16.3. The lowest BCUT2D eigenvalue weighted by Gasteiger charge is -2.27. The maximum Gasteiger partial charge on any atom is 0.191 e. The summed E-state index contributed by atoms with van der Waals surface area (Å²) >= 11 is 0. The van der Waals surface area contributed by atoms with Crippen molar-refractivity contribution in [2.75, 3.05) is 5.32 Å². The molecule has 1 aromatic carbocycles. The van der Waals surface area contributed by atoms with Gasteiger partial charge in [-0.25, -0.2) is 4.98 Å². The van der Waals surface area contributed by atoms with E-state index in [1.807, 2.05) is 32.0 Å². The maximum absolute atomic E-state index is 9.30. The number of aromatic nitrogens is 4. The van der Waals surface area contributed by atoms with Crippen LogP contribution in [0.25, 0.3) is 22.4 Å². The van der Waals surface area contributed by atoms with Crippen LogP contribution in [0.2, 0.25) is 0 Å². The van der Waals surface area contributed by atoms with Crippen LogP contribution in [-0.2, 0) is 6.42 Å². The first kappa shape index (κ1) is 17.4. The Kier molecular flexibility index (Phi) is 4.06. The van der Waals surface area contributed by atoms with Gasteiger partial charge in [0.25, 0.3) is 0 Å². The number of nitrogens with one attached hydrogen (secondary N) is 2. The van der Waals surface area contributed by atoms with Gasteiger partial charge in [0.1, 0.15) is 11.8 Å². The second-order valence-electron chi connectivity index (χ2n) is 7.44. The van der Waals surface area contributed by atoms with Gasteiger partial charge in [0, 0.05) is 18.0 Å². The molecule has 1 aliphatic carbocycles. The lowest BCUT2D eigenvalue weighted by molar-refractivity contribution is 0.533. The molecule has 7 nitrogen and oxygen atoms in total. The van der Waals surface area contributed by atoms with Crippen molar-refractivity contribution in [1.82, 2.24) is 20.2 Å². The topological polar surface area (TPSA) is 103 Å². The number of aryl methyl sites for hydroxylation is 3. The van der Waals surface area contributed by atoms with E-state index in [4.69, 9.17) is 9.40 Å². The van der Waals surface area contributed by atoms with Crippen LogP contribution in [0.15, 0.2) is 34.9 Å². The molecule has 3 aromatic heterocycles. The van der Waals surface area contributed by atoms with Crippen LogP contribution < -0.4 is 5.32 Å². The monoisotopic (exact) mass is 384 g/mol. The lowest BCUT2D eigenvalue weighted by Crippen LogP contribution is -2.20. The first-order chi connectivity index (χ1) is 14.1. The Balaban J connectivity index is 1.50. The van der Waals surface area contributed by atoms with E-state index in [2.05, 4.69) is 32.6 Å². The van der Waals surface area contributed by atoms with E-state index >= 15 is 0 Å². The van der Waals surface area contributed by atoms with Crippen LogP contribution >= 0.6 is 0 Å². The van der Waals surface area contributed by atoms with Crippen molar-refractivity contribution in [3.05, 3.63) is 58.9 Å². The number of oxazole rings is 1. The van der Waals surface area contributed by atoms with Gasteiger partial charge in [-0.3, -0.25) is 10.1 Å². The van der Waals surface area contributed by atoms with Gasteiger partial charge in [-0.2, -0.15) is 10.4 Å². The molecule has 0 amide bonds. The average molecular weight is 384 g/mol. The molecule has 0 radical (unpaired) electrons. The Hall–Kier alpha value is -3.66. The largest absolute Gasteiger partial charge is 0.439 e. The van der Waals surface area contributed by atoms with Crippen LogP contribution in [-0.4, -0.2) is 20.2 Å². The number of aromatic amines is 1. The molecule has 2 N–H and O–H groups in total. The minimum atomic E-state index is 0.116. The minimum absolute atomic E-state index is 0.116. The van der Waals surface area contributed by atoms with E-state index in [9.17, 15) is 5.26 Å². The number of rotatable bonds is 3. The van der Waals surface area contributed by atoms with Crippen molar-refractivity contribution in [3.63, 3.8) is 0 Å². The normalized spacial score (nSPS) is 15.8. The van der Waals surface area contributed by atoms with E-state index in [-0.39, 0.29) is 6.04 Å². The number of hydrogen-bond acceptors (Lipinski definition) is 6. The number of benzene rings is 1. The Morgan fingerprint density at radius 3 is 2.97 bits per heavy atom. The third-order valence-electron chi connectivity index (χ3n) is 5.47. The SMILES string of the molecule is Cc1ncc(-c2n[nH]c3ccc(N[C@H]4CCCc5cc(C#N)c(C)nc54)cc23)o1. The Labute approximate surface area is 167 Å². The summed E-state index contributed by atoms with van der Waals surface area (Å²) in [5.41, 5.74) is 6.35. The Morgan fingerprint density at radius 1 is 1.28 bits per heavy atom. The van der Waals surface area contributed by atoms with Gasteiger partial charge >= 0.3 is 0 Å². The van der Waals surface area contributed by atoms with E-state index in [0.29, 0.717) is 17.2 Å². The molecule has 144 valence electrons. The predicted octanol–water partition coefficient (Wildman–Crippen LogP) is 4.59. The van der Waals surface area contributed by atoms with Gasteiger partial charge < -0.3 is 9.73 Å². The van der Waals surface area contributed by atoms with E-state index in [1.54, 1.807) is 6.20 Å². The van der Waals surface area contributed by atoms with Crippen molar-refractivity contribution < 1.29 is 4.42 Å². The summed E-state index contributed by atoms with van der Waals surface area (Å²) in [7, 11) is 0. The first-order valence-electron chi connectivity index (χ1n) is 9.70. The molecule has 3 heterocycles. The van der Waals surface area contributed by atoms with Crippen molar-refractivity contribution in [1.29, 1.82) is 5.26 Å². The number of nitriles is 1. The van der Waals surface area contributed by atoms with Gasteiger partial charge in [-0.15, -0.1) is 0 Å². The molecule has 0 spiro atoms. The summed E-state index contributed by atoms with van der Waals surface area (Å²) in [6, 6.07) is 10.5. The third kappa shape index (κ3) is 3.03. The molecular formula is C22H20N6O. The maximum atomic E-state index is 9.30. The van der Waals surface area contributed by atoms with Gasteiger partial charge in [0.2, 0.25) is 0 Å². The molecule has 1 aliphatic rings. The number of anilines is 1. The smallest absolute Gasteiger partial charge is 0.191 e. The van der Waals surface area contributed by atoms with Crippen LogP contribution in [0.3, 0.4) is 0 Å². The quantitative estimate of drug-likeness (QED) is 0.535. The molecule has 0 saturated heterocycles. The summed E-state index contributed by atoms with van der Waals surface area (Å²) < 4.78 is 5.66. The third-order valence-corrected chi connectivity index (χ3v) is 5.47. The molecule has 0 bridgehead atoms. The van der Waals surface area contributed by atoms with Gasteiger partial charge in [0.05, 0.1) is 34.7 Å². The molecule has 29 heavy (non-hydrogen) atoms. The lowest BCUT2D eigenvalue weighted by atomic mass is 9.90. The molecule has 0 saturated carbocycles. The number of pyridine rings is 1. The average Bonchev–Trinajstić information content (AvgIpc) is 3.33. The molecule has 7 heteroatoms. The fourth-order valence-corrected chi connectivity index (χ4v) is 4.02. The van der Waals surface area contributed by atoms with Crippen LogP contribution in [0.5, 0.6) is 0 Å². The summed E-state index contributed by atoms with van der Waals surface area (Å²) in [5, 5.41) is 21.4. The van der Waals surface area contributed by atoms with Gasteiger partial charge in [-0.1, -0.05) is 0 Å². The number of fused-ring (bicyclic) bond motifs is 2. The summed E-state index contributed by atoms with van der Waals surface area (Å²) in [6.45, 7) is 3.71. The number of nitrogens with zero attached hydrogens (tertiary/aromatic N) is 4. The van der Waals surface area contributed by atoms with Crippen molar-refractivity contribution in [2.24, 2.45) is 0 Å². The van der Waals surface area contributed by atoms with Gasteiger partial charge in [0.15, 0.2) is 11.7 Å². The zero-order chi connectivity index (χ0) is 20.0. The summed E-state index contributed by atoms with van der Waals surface area (Å²) in [5.74, 6) is 1.26. The summed E-state index contributed by atoms with van der Waals surface area (Å²) in [4.78, 5) is 8.93. The number of H-pyrrole nitrogens is 1. The van der Waals surface area contributed by atoms with E-state index in [0.717, 1.165) is 58.5 Å². The second-order valence-corrected chi connectivity index (χ2v) is 7.44. The predicted molar refractivity (Wildman–Crippen MR) is 109 cm³/mol. The fraction of sp³-hybridized carbons (Fsp3) is 0.273. The summed E-state index contributed by atoms with van der Waals surface area (Å²) in [6.07, 6.45) is 4.73. The highest BCUT2D eigenvalue weighted by Gasteiger charge is 2.23. The first-order valence-corrected chi connectivity index (χ1v) is 9.70. The minimum Gasteiger partial charge on any atom is -0.439 e. The van der Waals surface area contributed by atoms with Crippen LogP contribution in [0.4, 0.5) is 5.69 Å².